The fraction of sp³-hybridized carbons (Fsp3) is 0.619. The fourth-order valence-corrected chi connectivity index (χ4v) is 5.77. The van der Waals surface area contributed by atoms with Crippen LogP contribution in [0, 0.1) is 5.92 Å². The van der Waals surface area contributed by atoms with Crippen molar-refractivity contribution >= 4 is 17.5 Å². The molecule has 2 amide bonds. The second-order valence-corrected chi connectivity index (χ2v) is 9.22. The maximum atomic E-state index is 13.0. The van der Waals surface area contributed by atoms with Gasteiger partial charge in [-0.25, -0.2) is 4.79 Å². The van der Waals surface area contributed by atoms with Crippen LogP contribution in [0.1, 0.15) is 45.1 Å². The van der Waals surface area contributed by atoms with Gasteiger partial charge in [0, 0.05) is 41.7 Å². The smallest absolute Gasteiger partial charge is 0.322 e. The molecule has 5 aliphatic heterocycles. The van der Waals surface area contributed by atoms with E-state index in [0.717, 1.165) is 37.9 Å². The number of nitrogens with one attached hydrogen (secondary N) is 1. The average molecular weight is 353 g/mol. The van der Waals surface area contributed by atoms with Crippen molar-refractivity contribution in [2.75, 3.05) is 18.0 Å². The summed E-state index contributed by atoms with van der Waals surface area (Å²) in [6.07, 6.45) is 3.93. The summed E-state index contributed by atoms with van der Waals surface area (Å²) in [5.74, 6) is 0.703. The van der Waals surface area contributed by atoms with Crippen LogP contribution in [0.25, 0.3) is 0 Å². The predicted octanol–water partition coefficient (Wildman–Crippen LogP) is 2.69. The van der Waals surface area contributed by atoms with E-state index in [1.54, 1.807) is 0 Å². The number of Topliss-reactive ketones (excluding diaryl/α,β-unsaturated/α-hetero) is 1. The molecule has 5 atom stereocenters. The first-order chi connectivity index (χ1) is 12.4. The van der Waals surface area contributed by atoms with Gasteiger partial charge < -0.3 is 5.32 Å². The van der Waals surface area contributed by atoms with Gasteiger partial charge in [-0.05, 0) is 37.3 Å². The normalized spacial score (nSPS) is 36.8. The summed E-state index contributed by atoms with van der Waals surface area (Å²) in [7, 11) is 0. The van der Waals surface area contributed by atoms with Crippen LogP contribution in [-0.2, 0) is 10.2 Å². The van der Waals surface area contributed by atoms with Gasteiger partial charge in [0.15, 0.2) is 0 Å². The van der Waals surface area contributed by atoms with E-state index in [4.69, 9.17) is 0 Å². The molecule has 1 aromatic rings. The molecule has 5 heteroatoms. The van der Waals surface area contributed by atoms with Crippen LogP contribution >= 0.6 is 0 Å². The molecule has 5 aliphatic rings. The van der Waals surface area contributed by atoms with E-state index in [9.17, 15) is 9.59 Å². The van der Waals surface area contributed by atoms with Crippen molar-refractivity contribution in [3.05, 3.63) is 29.8 Å². The Kier molecular flexibility index (Phi) is 3.48. The van der Waals surface area contributed by atoms with Gasteiger partial charge in [-0.3, -0.25) is 14.6 Å². The summed E-state index contributed by atoms with van der Waals surface area (Å²) in [6, 6.07) is 9.44. The van der Waals surface area contributed by atoms with E-state index in [1.807, 2.05) is 11.0 Å². The molecule has 0 radical (unpaired) electrons. The molecule has 4 fully saturated rings. The monoisotopic (exact) mass is 353 g/mol. The molecule has 0 aromatic heterocycles. The van der Waals surface area contributed by atoms with Crippen molar-refractivity contribution in [2.24, 2.45) is 5.92 Å². The maximum Gasteiger partial charge on any atom is 0.322 e. The molecule has 138 valence electrons. The summed E-state index contributed by atoms with van der Waals surface area (Å²) < 4.78 is 0. The quantitative estimate of drug-likeness (QED) is 0.845. The van der Waals surface area contributed by atoms with E-state index in [-0.39, 0.29) is 23.4 Å². The summed E-state index contributed by atoms with van der Waals surface area (Å²) >= 11 is 0. The van der Waals surface area contributed by atoms with Crippen molar-refractivity contribution in [1.82, 2.24) is 10.2 Å². The first kappa shape index (κ1) is 16.3. The second-order valence-electron chi connectivity index (χ2n) is 9.22. The number of rotatable bonds is 1. The largest absolute Gasteiger partial charge is 0.335 e. The highest BCUT2D eigenvalue weighted by Gasteiger charge is 2.49. The number of fused-ring (bicyclic) bond motifs is 2. The molecule has 5 heterocycles. The van der Waals surface area contributed by atoms with E-state index in [0.29, 0.717) is 24.4 Å². The van der Waals surface area contributed by atoms with Crippen LogP contribution in [0.2, 0.25) is 0 Å². The third-order valence-corrected chi connectivity index (χ3v) is 7.01. The Hall–Kier alpha value is -1.88. The fourth-order valence-electron chi connectivity index (χ4n) is 5.77. The number of urea groups is 1. The minimum absolute atomic E-state index is 0.0117. The lowest BCUT2D eigenvalue weighted by Crippen LogP contribution is -2.65. The zero-order chi connectivity index (χ0) is 18.1. The molecule has 6 rings (SSSR count). The molecule has 26 heavy (non-hydrogen) atoms. The lowest BCUT2D eigenvalue weighted by molar-refractivity contribution is -0.141. The van der Waals surface area contributed by atoms with Gasteiger partial charge in [-0.15, -0.1) is 0 Å². The lowest BCUT2D eigenvalue weighted by Gasteiger charge is -2.54. The van der Waals surface area contributed by atoms with Crippen molar-refractivity contribution in [1.29, 1.82) is 0 Å². The molecule has 0 aliphatic carbocycles. The molecule has 3 unspecified atom stereocenters. The first-order valence-electron chi connectivity index (χ1n) is 9.88. The number of para-hydroxylation sites is 1. The number of anilines is 1. The van der Waals surface area contributed by atoms with E-state index in [2.05, 4.69) is 42.3 Å². The van der Waals surface area contributed by atoms with Gasteiger partial charge in [0.25, 0.3) is 0 Å². The number of piperidine rings is 4. The standard InChI is InChI=1S/C21H27N3O2/c1-21(2)12-24(18-6-4-3-5-17(18)21)20(26)22-14-9-15-7-13-8-16(10-14)23(15)11-19(13)25/h3-6,13-16H,7-12H2,1-2H3,(H,22,26)/t13-,14?,15-,16?/m1/s1. The van der Waals surface area contributed by atoms with Gasteiger partial charge in [-0.2, -0.15) is 0 Å². The van der Waals surface area contributed by atoms with Gasteiger partial charge in [0.05, 0.1) is 6.54 Å². The lowest BCUT2D eigenvalue weighted by atomic mass is 9.71. The highest BCUT2D eigenvalue weighted by atomic mass is 16.2. The van der Waals surface area contributed by atoms with Gasteiger partial charge in [0.2, 0.25) is 0 Å². The van der Waals surface area contributed by atoms with Crippen LogP contribution in [0.15, 0.2) is 24.3 Å². The van der Waals surface area contributed by atoms with E-state index >= 15 is 0 Å². The molecule has 1 N–H and O–H groups in total. The summed E-state index contributed by atoms with van der Waals surface area (Å²) in [6.45, 7) is 5.76. The molecule has 0 spiro atoms. The zero-order valence-corrected chi connectivity index (χ0v) is 15.6. The SMILES string of the molecule is CC1(C)CN(C(=O)NC2CC3C[C@H]4C[C@H](C2)N3CC4=O)c2ccccc21. The molecule has 0 saturated carbocycles. The number of nitrogens with zero attached hydrogens (tertiary/aromatic N) is 2. The van der Waals surface area contributed by atoms with E-state index < -0.39 is 0 Å². The molecule has 5 nitrogen and oxygen atoms in total. The predicted molar refractivity (Wildman–Crippen MR) is 100 cm³/mol. The number of carbonyl (C=O) groups is 2. The van der Waals surface area contributed by atoms with Crippen LogP contribution < -0.4 is 10.2 Å². The number of amides is 2. The number of hydrogen-bond donors (Lipinski definition) is 1. The zero-order valence-electron chi connectivity index (χ0n) is 15.6. The van der Waals surface area contributed by atoms with Gasteiger partial charge >= 0.3 is 6.03 Å². The average Bonchev–Trinajstić information content (AvgIpc) is 2.87. The molecule has 4 bridgehead atoms. The van der Waals surface area contributed by atoms with Crippen LogP contribution in [0.3, 0.4) is 0 Å². The Morgan fingerprint density at radius 3 is 2.50 bits per heavy atom. The minimum atomic E-state index is -0.0117. The van der Waals surface area contributed by atoms with Gasteiger partial charge in [-0.1, -0.05) is 32.0 Å². The second kappa shape index (κ2) is 5.56. The van der Waals surface area contributed by atoms with Crippen LogP contribution in [0.5, 0.6) is 0 Å². The van der Waals surface area contributed by atoms with Crippen molar-refractivity contribution in [3.8, 4) is 0 Å². The number of carbonyl (C=O) groups excluding carboxylic acids is 2. The Morgan fingerprint density at radius 2 is 1.81 bits per heavy atom. The minimum Gasteiger partial charge on any atom is -0.335 e. The molecule has 1 aromatic carbocycles. The summed E-state index contributed by atoms with van der Waals surface area (Å²) in [5.41, 5.74) is 2.28. The highest BCUT2D eigenvalue weighted by molar-refractivity contribution is 5.95. The first-order valence-corrected chi connectivity index (χ1v) is 9.88. The Morgan fingerprint density at radius 1 is 1.12 bits per heavy atom. The third kappa shape index (κ3) is 2.40. The van der Waals surface area contributed by atoms with Gasteiger partial charge in [0.1, 0.15) is 5.78 Å². The van der Waals surface area contributed by atoms with Crippen molar-refractivity contribution in [2.45, 2.75) is 63.1 Å². The number of ketones is 1. The van der Waals surface area contributed by atoms with E-state index in [1.165, 1.54) is 5.56 Å². The third-order valence-electron chi connectivity index (χ3n) is 7.01. The number of hydrogen-bond acceptors (Lipinski definition) is 3. The van der Waals surface area contributed by atoms with Crippen LogP contribution in [0.4, 0.5) is 10.5 Å². The van der Waals surface area contributed by atoms with Crippen molar-refractivity contribution < 1.29 is 9.59 Å². The molecular formula is C21H27N3O2. The maximum absolute atomic E-state index is 13.0. The topological polar surface area (TPSA) is 52.7 Å². The summed E-state index contributed by atoms with van der Waals surface area (Å²) in [4.78, 5) is 29.3. The molecule has 4 saturated heterocycles. The van der Waals surface area contributed by atoms with Crippen LogP contribution in [-0.4, -0.2) is 47.9 Å². The number of benzene rings is 1. The molecular weight excluding hydrogens is 326 g/mol. The highest BCUT2D eigenvalue weighted by Crippen LogP contribution is 2.42. The Labute approximate surface area is 154 Å². The van der Waals surface area contributed by atoms with Crippen molar-refractivity contribution in [3.63, 3.8) is 0 Å². The Bertz CT molecular complexity index is 758. The Balaban J connectivity index is 1.30. The summed E-state index contributed by atoms with van der Waals surface area (Å²) in [5, 5.41) is 3.31.